The number of nitrogens with one attached hydrogen (secondary N) is 1. The van der Waals surface area contributed by atoms with E-state index < -0.39 is 11.9 Å². The fourth-order valence-electron chi connectivity index (χ4n) is 3.16. The molecule has 0 fully saturated rings. The number of hydrogen-bond acceptors (Lipinski definition) is 5. The van der Waals surface area contributed by atoms with Crippen LogP contribution in [0.4, 0.5) is 5.69 Å². The van der Waals surface area contributed by atoms with Crippen molar-refractivity contribution in [1.29, 1.82) is 0 Å². The van der Waals surface area contributed by atoms with Gasteiger partial charge in [-0.1, -0.05) is 28.1 Å². The molecule has 1 atom stereocenters. The van der Waals surface area contributed by atoms with E-state index in [2.05, 4.69) is 36.1 Å². The summed E-state index contributed by atoms with van der Waals surface area (Å²) in [4.78, 5) is 32.3. The lowest BCUT2D eigenvalue weighted by atomic mass is 10.1. The summed E-state index contributed by atoms with van der Waals surface area (Å²) in [6.07, 6.45) is 1.33. The smallest absolute Gasteiger partial charge is 0.287 e. The fraction of sp³-hybridized carbons (Fsp3) is 0.150. The second kappa shape index (κ2) is 7.25. The van der Waals surface area contributed by atoms with E-state index in [-0.39, 0.29) is 17.1 Å². The highest BCUT2D eigenvalue weighted by atomic mass is 79.9. The summed E-state index contributed by atoms with van der Waals surface area (Å²) in [5, 5.41) is 18.9. The van der Waals surface area contributed by atoms with Gasteiger partial charge in [-0.25, -0.2) is 4.98 Å². The summed E-state index contributed by atoms with van der Waals surface area (Å²) >= 11 is 3.41. The van der Waals surface area contributed by atoms with Gasteiger partial charge in [0, 0.05) is 9.86 Å². The lowest BCUT2D eigenvalue weighted by Crippen LogP contribution is -2.27. The first-order chi connectivity index (χ1) is 13.9. The summed E-state index contributed by atoms with van der Waals surface area (Å²) in [7, 11) is 0. The average molecular weight is 454 g/mol. The van der Waals surface area contributed by atoms with Crippen LogP contribution < -0.4 is 5.56 Å². The summed E-state index contributed by atoms with van der Waals surface area (Å²) in [5.74, 6) is -0.820. The van der Waals surface area contributed by atoms with Crippen LogP contribution >= 0.6 is 15.9 Å². The lowest BCUT2D eigenvalue weighted by Gasteiger charge is -2.11. The lowest BCUT2D eigenvalue weighted by molar-refractivity contribution is -0.121. The summed E-state index contributed by atoms with van der Waals surface area (Å²) in [6.45, 7) is 3.44. The Bertz CT molecular complexity index is 1360. The van der Waals surface area contributed by atoms with Gasteiger partial charge in [0.1, 0.15) is 6.04 Å². The Labute approximate surface area is 173 Å². The maximum absolute atomic E-state index is 12.7. The molecule has 29 heavy (non-hydrogen) atoms. The van der Waals surface area contributed by atoms with Crippen LogP contribution in [0.2, 0.25) is 0 Å². The van der Waals surface area contributed by atoms with Crippen LogP contribution in [-0.4, -0.2) is 25.5 Å². The van der Waals surface area contributed by atoms with Crippen LogP contribution in [-0.2, 0) is 4.79 Å². The van der Waals surface area contributed by atoms with Gasteiger partial charge in [0.15, 0.2) is 5.69 Å². The molecular weight excluding hydrogens is 438 g/mol. The van der Waals surface area contributed by atoms with Crippen molar-refractivity contribution in [2.45, 2.75) is 19.9 Å². The van der Waals surface area contributed by atoms with E-state index in [1.54, 1.807) is 37.3 Å². The molecule has 2 aromatic heterocycles. The number of aryl methyl sites for hydroxylation is 1. The highest BCUT2D eigenvalue weighted by Crippen LogP contribution is 2.38. The molecule has 8 nitrogen and oxygen atoms in total. The van der Waals surface area contributed by atoms with Gasteiger partial charge < -0.3 is 10.1 Å². The number of azo groups is 1. The van der Waals surface area contributed by atoms with Gasteiger partial charge in [0.2, 0.25) is 5.88 Å². The first kappa shape index (κ1) is 19.0. The van der Waals surface area contributed by atoms with E-state index in [1.165, 1.54) is 10.9 Å². The number of amides is 1. The van der Waals surface area contributed by atoms with Crippen LogP contribution in [0.1, 0.15) is 18.5 Å². The third-order valence-corrected chi connectivity index (χ3v) is 5.19. The maximum atomic E-state index is 12.7. The van der Waals surface area contributed by atoms with E-state index in [9.17, 15) is 14.7 Å². The van der Waals surface area contributed by atoms with Crippen molar-refractivity contribution in [1.82, 2.24) is 14.5 Å². The highest BCUT2D eigenvalue weighted by molar-refractivity contribution is 9.10. The second-order valence-electron chi connectivity index (χ2n) is 6.66. The zero-order valence-corrected chi connectivity index (χ0v) is 17.1. The molecule has 0 aliphatic carbocycles. The summed E-state index contributed by atoms with van der Waals surface area (Å²) < 4.78 is 2.03. The van der Waals surface area contributed by atoms with E-state index in [0.717, 1.165) is 10.0 Å². The Morgan fingerprint density at radius 2 is 2.03 bits per heavy atom. The number of hydrogen-bond donors (Lipinski definition) is 2. The van der Waals surface area contributed by atoms with Crippen molar-refractivity contribution in [3.05, 3.63) is 63.1 Å². The number of aromatic hydroxyl groups is 1. The quantitative estimate of drug-likeness (QED) is 0.443. The molecule has 4 rings (SSSR count). The molecule has 0 saturated heterocycles. The zero-order chi connectivity index (χ0) is 20.7. The van der Waals surface area contributed by atoms with Crippen LogP contribution in [0.5, 0.6) is 5.88 Å². The molecule has 0 bridgehead atoms. The largest absolute Gasteiger partial charge is 0.493 e. The molecule has 0 aliphatic heterocycles. The Kier molecular flexibility index (Phi) is 4.75. The molecule has 2 N–H and O–H groups in total. The summed E-state index contributed by atoms with van der Waals surface area (Å²) in [5.41, 5.74) is 1.99. The third kappa shape index (κ3) is 3.33. The molecule has 9 heteroatoms. The van der Waals surface area contributed by atoms with Crippen molar-refractivity contribution in [2.75, 3.05) is 0 Å². The number of aromatic nitrogens is 3. The molecule has 0 radical (unpaired) electrons. The standard InChI is InChI=1S/C20H16BrN5O3/c1-10-7-12(21)8-14-16(10)23-19(28)17(14)24-25-18(27)11(2)26-9-22-15-6-4-3-5-13(15)20(26)29/h3-9,11,23,28H,1-2H3/t11-/m1/s1. The molecule has 0 spiro atoms. The number of para-hydroxylation sites is 1. The highest BCUT2D eigenvalue weighted by Gasteiger charge is 2.19. The minimum absolute atomic E-state index is 0.161. The first-order valence-electron chi connectivity index (χ1n) is 8.79. The Hall–Kier alpha value is -3.33. The average Bonchev–Trinajstić information content (AvgIpc) is 3.01. The Morgan fingerprint density at radius 3 is 2.83 bits per heavy atom. The van der Waals surface area contributed by atoms with E-state index in [4.69, 9.17) is 0 Å². The predicted molar refractivity (Wildman–Crippen MR) is 113 cm³/mol. The minimum Gasteiger partial charge on any atom is -0.493 e. The molecule has 0 unspecified atom stereocenters. The van der Waals surface area contributed by atoms with E-state index in [1.807, 2.05) is 13.0 Å². The molecule has 0 aliphatic rings. The topological polar surface area (TPSA) is 113 Å². The van der Waals surface area contributed by atoms with Crippen LogP contribution in [0.25, 0.3) is 21.8 Å². The van der Waals surface area contributed by atoms with Crippen LogP contribution in [0.3, 0.4) is 0 Å². The minimum atomic E-state index is -0.899. The van der Waals surface area contributed by atoms with Gasteiger partial charge in [-0.3, -0.25) is 14.2 Å². The summed E-state index contributed by atoms with van der Waals surface area (Å²) in [6, 6.07) is 9.68. The molecule has 2 heterocycles. The molecule has 2 aromatic carbocycles. The molecular formula is C20H16BrN5O3. The maximum Gasteiger partial charge on any atom is 0.287 e. The first-order valence-corrected chi connectivity index (χ1v) is 9.58. The van der Waals surface area contributed by atoms with Crippen molar-refractivity contribution in [3.8, 4) is 5.88 Å². The monoisotopic (exact) mass is 453 g/mol. The Balaban J connectivity index is 1.69. The van der Waals surface area contributed by atoms with E-state index >= 15 is 0 Å². The van der Waals surface area contributed by atoms with Gasteiger partial charge in [0.05, 0.1) is 22.7 Å². The number of carbonyl (C=O) groups excluding carboxylic acids is 1. The van der Waals surface area contributed by atoms with Gasteiger partial charge >= 0.3 is 0 Å². The number of nitrogens with zero attached hydrogens (tertiary/aromatic N) is 4. The molecule has 146 valence electrons. The van der Waals surface area contributed by atoms with Gasteiger partial charge in [-0.15, -0.1) is 10.2 Å². The third-order valence-electron chi connectivity index (χ3n) is 4.74. The number of halogens is 1. The van der Waals surface area contributed by atoms with Crippen LogP contribution in [0.15, 0.2) is 62.2 Å². The van der Waals surface area contributed by atoms with Gasteiger partial charge in [-0.05, 0) is 43.7 Å². The predicted octanol–water partition coefficient (Wildman–Crippen LogP) is 4.53. The number of carbonyl (C=O) groups is 1. The number of fused-ring (bicyclic) bond motifs is 2. The van der Waals surface area contributed by atoms with Crippen molar-refractivity contribution >= 4 is 49.3 Å². The number of benzene rings is 2. The fourth-order valence-corrected chi connectivity index (χ4v) is 3.74. The number of H-pyrrole nitrogens is 1. The van der Waals surface area contributed by atoms with Crippen LogP contribution in [0, 0.1) is 6.92 Å². The van der Waals surface area contributed by atoms with Crippen molar-refractivity contribution in [2.24, 2.45) is 10.2 Å². The van der Waals surface area contributed by atoms with Gasteiger partial charge in [0.25, 0.3) is 11.5 Å². The van der Waals surface area contributed by atoms with Crippen molar-refractivity contribution in [3.63, 3.8) is 0 Å². The Morgan fingerprint density at radius 1 is 1.28 bits per heavy atom. The SMILES string of the molecule is Cc1cc(Br)cc2c(N=NC(=O)[C@@H](C)n3cnc4ccccc4c3=O)c(O)[nH]c12. The van der Waals surface area contributed by atoms with Crippen molar-refractivity contribution < 1.29 is 9.90 Å². The van der Waals surface area contributed by atoms with Gasteiger partial charge in [-0.2, -0.15) is 0 Å². The second-order valence-corrected chi connectivity index (χ2v) is 7.57. The molecule has 4 aromatic rings. The zero-order valence-electron chi connectivity index (χ0n) is 15.5. The number of rotatable bonds is 3. The molecule has 1 amide bonds. The molecule has 0 saturated carbocycles. The number of aromatic amines is 1. The van der Waals surface area contributed by atoms with E-state index in [0.29, 0.717) is 21.8 Å². The normalized spacial score (nSPS) is 12.8.